The molecule has 1 fully saturated rings. The zero-order valence-electron chi connectivity index (χ0n) is 9.88. The molecule has 2 atom stereocenters. The second-order valence-electron chi connectivity index (χ2n) is 4.76. The van der Waals surface area contributed by atoms with Gasteiger partial charge in [0.25, 0.3) is 0 Å². The van der Waals surface area contributed by atoms with Gasteiger partial charge in [0.05, 0.1) is 11.8 Å². The Kier molecular flexibility index (Phi) is 2.02. The third-order valence-electron chi connectivity index (χ3n) is 3.80. The summed E-state index contributed by atoms with van der Waals surface area (Å²) in [5, 5.41) is 0. The van der Waals surface area contributed by atoms with Crippen molar-refractivity contribution in [3.05, 3.63) is 29.8 Å². The lowest BCUT2D eigenvalue weighted by Crippen LogP contribution is -2.37. The molecular weight excluding hydrogens is 216 g/mol. The largest absolute Gasteiger partial charge is 0.374 e. The first-order valence-corrected chi connectivity index (χ1v) is 5.72. The minimum absolute atomic E-state index is 0.0543. The number of carbonyl (C=O) groups is 2. The number of fused-ring (bicyclic) bond motifs is 3. The van der Waals surface area contributed by atoms with Crippen LogP contribution in [0.2, 0.25) is 0 Å². The Balaban J connectivity index is 2.16. The fourth-order valence-electron chi connectivity index (χ4n) is 2.91. The summed E-state index contributed by atoms with van der Waals surface area (Å²) in [6.07, 6.45) is 0. The number of para-hydroxylation sites is 1. The summed E-state index contributed by atoms with van der Waals surface area (Å²) in [6, 6.07) is 7.83. The van der Waals surface area contributed by atoms with Crippen LogP contribution in [0, 0.1) is 5.92 Å². The van der Waals surface area contributed by atoms with E-state index < -0.39 is 0 Å². The number of nitrogens with zero attached hydrogens (tertiary/aromatic N) is 2. The van der Waals surface area contributed by atoms with Crippen molar-refractivity contribution in [3.63, 3.8) is 0 Å². The Morgan fingerprint density at radius 1 is 1.12 bits per heavy atom. The fraction of sp³-hybridized carbons (Fsp3) is 0.385. The van der Waals surface area contributed by atoms with Crippen molar-refractivity contribution >= 4 is 17.5 Å². The molecule has 0 aliphatic carbocycles. The summed E-state index contributed by atoms with van der Waals surface area (Å²) in [6.45, 7) is 0.622. The molecule has 2 aliphatic rings. The fourth-order valence-corrected chi connectivity index (χ4v) is 2.91. The minimum atomic E-state index is -0.278. The lowest BCUT2D eigenvalue weighted by atomic mass is 9.83. The second kappa shape index (κ2) is 3.32. The molecule has 0 spiro atoms. The van der Waals surface area contributed by atoms with Gasteiger partial charge in [-0.3, -0.25) is 14.5 Å². The van der Waals surface area contributed by atoms with Gasteiger partial charge < -0.3 is 4.90 Å². The smallest absolute Gasteiger partial charge is 0.237 e. The van der Waals surface area contributed by atoms with E-state index in [-0.39, 0.29) is 23.7 Å². The van der Waals surface area contributed by atoms with Crippen molar-refractivity contribution in [2.45, 2.75) is 5.92 Å². The molecule has 0 radical (unpaired) electrons. The SMILES string of the molecule is CN1C(=O)[C@@H]2CN(C)c3ccccc3[C@@H]2C1=O. The predicted octanol–water partition coefficient (Wildman–Crippen LogP) is 0.835. The number of amides is 2. The molecule has 1 aromatic carbocycles. The van der Waals surface area contributed by atoms with E-state index >= 15 is 0 Å². The van der Waals surface area contributed by atoms with Crippen LogP contribution in [0.3, 0.4) is 0 Å². The minimum Gasteiger partial charge on any atom is -0.374 e. The molecule has 4 heteroatoms. The summed E-state index contributed by atoms with van der Waals surface area (Å²) in [4.78, 5) is 27.4. The third kappa shape index (κ3) is 1.24. The maximum atomic E-state index is 12.1. The number of likely N-dealkylation sites (N-methyl/N-ethyl adjacent to an activating group) is 1. The molecule has 2 heterocycles. The van der Waals surface area contributed by atoms with Gasteiger partial charge in [-0.2, -0.15) is 0 Å². The highest BCUT2D eigenvalue weighted by molar-refractivity contribution is 6.08. The van der Waals surface area contributed by atoms with Crippen LogP contribution in [0.4, 0.5) is 5.69 Å². The van der Waals surface area contributed by atoms with Crippen LogP contribution in [-0.2, 0) is 9.59 Å². The van der Waals surface area contributed by atoms with E-state index in [1.807, 2.05) is 31.3 Å². The zero-order chi connectivity index (χ0) is 12.2. The predicted molar refractivity (Wildman–Crippen MR) is 63.7 cm³/mol. The number of anilines is 1. The first-order valence-electron chi connectivity index (χ1n) is 5.72. The average molecular weight is 230 g/mol. The van der Waals surface area contributed by atoms with Crippen LogP contribution in [0.5, 0.6) is 0 Å². The van der Waals surface area contributed by atoms with E-state index in [0.29, 0.717) is 6.54 Å². The molecule has 0 N–H and O–H groups in total. The van der Waals surface area contributed by atoms with Gasteiger partial charge in [0, 0.05) is 26.3 Å². The van der Waals surface area contributed by atoms with Gasteiger partial charge in [0.2, 0.25) is 11.8 Å². The lowest BCUT2D eigenvalue weighted by Gasteiger charge is -2.33. The topological polar surface area (TPSA) is 40.6 Å². The number of hydrogen-bond acceptors (Lipinski definition) is 3. The maximum Gasteiger partial charge on any atom is 0.237 e. The Hall–Kier alpha value is -1.84. The highest BCUT2D eigenvalue weighted by Crippen LogP contribution is 2.42. The quantitative estimate of drug-likeness (QED) is 0.620. The summed E-state index contributed by atoms with van der Waals surface area (Å²) >= 11 is 0. The van der Waals surface area contributed by atoms with E-state index in [1.165, 1.54) is 4.90 Å². The molecule has 0 bridgehead atoms. The van der Waals surface area contributed by atoms with Gasteiger partial charge in [-0.15, -0.1) is 0 Å². The number of hydrogen-bond donors (Lipinski definition) is 0. The molecule has 2 aliphatic heterocycles. The van der Waals surface area contributed by atoms with Crippen LogP contribution < -0.4 is 4.90 Å². The van der Waals surface area contributed by atoms with Gasteiger partial charge in [-0.05, 0) is 11.6 Å². The number of likely N-dealkylation sites (tertiary alicyclic amines) is 1. The van der Waals surface area contributed by atoms with Crippen LogP contribution in [0.15, 0.2) is 24.3 Å². The van der Waals surface area contributed by atoms with Crippen LogP contribution in [-0.4, -0.2) is 37.4 Å². The first kappa shape index (κ1) is 10.3. The Morgan fingerprint density at radius 2 is 1.82 bits per heavy atom. The van der Waals surface area contributed by atoms with Gasteiger partial charge in [0.1, 0.15) is 0 Å². The normalized spacial score (nSPS) is 27.2. The van der Waals surface area contributed by atoms with Crippen LogP contribution in [0.25, 0.3) is 0 Å². The number of imide groups is 1. The van der Waals surface area contributed by atoms with Crippen molar-refractivity contribution in [1.29, 1.82) is 0 Å². The molecular formula is C13H14N2O2. The summed E-state index contributed by atoms with van der Waals surface area (Å²) in [7, 11) is 3.54. The molecule has 4 nitrogen and oxygen atoms in total. The average Bonchev–Trinajstić information content (AvgIpc) is 2.55. The molecule has 3 rings (SSSR count). The molecule has 1 aromatic rings. The maximum absolute atomic E-state index is 12.1. The standard InChI is InChI=1S/C13H14N2O2/c1-14-7-9-11(13(17)15(2)12(9)16)8-5-3-4-6-10(8)14/h3-6,9,11H,7H2,1-2H3/t9-,11+/m1/s1. The van der Waals surface area contributed by atoms with Crippen molar-refractivity contribution in [2.75, 3.05) is 25.5 Å². The summed E-state index contributed by atoms with van der Waals surface area (Å²) in [5.74, 6) is -0.616. The van der Waals surface area contributed by atoms with Gasteiger partial charge >= 0.3 is 0 Å². The lowest BCUT2D eigenvalue weighted by molar-refractivity contribution is -0.137. The first-order chi connectivity index (χ1) is 8.11. The van der Waals surface area contributed by atoms with Gasteiger partial charge in [-0.25, -0.2) is 0 Å². The zero-order valence-corrected chi connectivity index (χ0v) is 9.88. The van der Waals surface area contributed by atoms with Crippen molar-refractivity contribution < 1.29 is 9.59 Å². The highest BCUT2D eigenvalue weighted by Gasteiger charge is 2.49. The molecule has 88 valence electrons. The second-order valence-corrected chi connectivity index (χ2v) is 4.76. The van der Waals surface area contributed by atoms with Crippen LogP contribution >= 0.6 is 0 Å². The van der Waals surface area contributed by atoms with E-state index in [0.717, 1.165) is 11.3 Å². The van der Waals surface area contributed by atoms with Gasteiger partial charge in [0.15, 0.2) is 0 Å². The molecule has 17 heavy (non-hydrogen) atoms. The van der Waals surface area contributed by atoms with Gasteiger partial charge in [-0.1, -0.05) is 18.2 Å². The van der Waals surface area contributed by atoms with E-state index in [9.17, 15) is 9.59 Å². The summed E-state index contributed by atoms with van der Waals surface area (Å²) < 4.78 is 0. The van der Waals surface area contributed by atoms with E-state index in [1.54, 1.807) is 7.05 Å². The molecule has 2 amide bonds. The van der Waals surface area contributed by atoms with E-state index in [4.69, 9.17) is 0 Å². The van der Waals surface area contributed by atoms with Crippen LogP contribution in [0.1, 0.15) is 11.5 Å². The summed E-state index contributed by atoms with van der Waals surface area (Å²) in [5.41, 5.74) is 2.04. The number of rotatable bonds is 0. The Morgan fingerprint density at radius 3 is 2.59 bits per heavy atom. The molecule has 0 aromatic heterocycles. The highest BCUT2D eigenvalue weighted by atomic mass is 16.2. The number of carbonyl (C=O) groups excluding carboxylic acids is 2. The third-order valence-corrected chi connectivity index (χ3v) is 3.80. The Bertz CT molecular complexity index is 512. The molecule has 1 saturated heterocycles. The molecule has 0 unspecified atom stereocenters. The van der Waals surface area contributed by atoms with E-state index in [2.05, 4.69) is 4.90 Å². The van der Waals surface area contributed by atoms with Crippen molar-refractivity contribution in [3.8, 4) is 0 Å². The molecule has 0 saturated carbocycles. The van der Waals surface area contributed by atoms with Crippen molar-refractivity contribution in [2.24, 2.45) is 5.92 Å². The van der Waals surface area contributed by atoms with Crippen molar-refractivity contribution in [1.82, 2.24) is 4.90 Å². The monoisotopic (exact) mass is 230 g/mol. The number of benzene rings is 1. The Labute approximate surface area is 99.8 Å².